The number of aromatic amines is 1. The van der Waals surface area contributed by atoms with E-state index in [4.69, 9.17) is 9.47 Å². The van der Waals surface area contributed by atoms with Crippen molar-refractivity contribution in [3.8, 4) is 0 Å². The summed E-state index contributed by atoms with van der Waals surface area (Å²) in [5, 5.41) is 1.09. The number of para-hydroxylation sites is 1. The summed E-state index contributed by atoms with van der Waals surface area (Å²) in [5.41, 5.74) is 1.49. The third-order valence-electron chi connectivity index (χ3n) is 3.43. The number of benzene rings is 1. The van der Waals surface area contributed by atoms with E-state index in [1.54, 1.807) is 6.92 Å². The van der Waals surface area contributed by atoms with Gasteiger partial charge in [0, 0.05) is 22.7 Å². The van der Waals surface area contributed by atoms with Crippen LogP contribution in [0.25, 0.3) is 10.9 Å². The minimum atomic E-state index is -0.564. The van der Waals surface area contributed by atoms with Crippen LogP contribution in [0.15, 0.2) is 30.5 Å². The van der Waals surface area contributed by atoms with Gasteiger partial charge in [-0.2, -0.15) is 0 Å². The van der Waals surface area contributed by atoms with Crippen LogP contribution < -0.4 is 0 Å². The Balaban J connectivity index is 1.94. The van der Waals surface area contributed by atoms with E-state index >= 15 is 0 Å². The Morgan fingerprint density at radius 3 is 3.06 bits per heavy atom. The number of aromatic nitrogens is 1. The average Bonchev–Trinajstić information content (AvgIpc) is 2.88. The van der Waals surface area contributed by atoms with Gasteiger partial charge < -0.3 is 14.5 Å². The first-order valence-corrected chi connectivity index (χ1v) is 6.08. The first-order valence-electron chi connectivity index (χ1n) is 6.08. The molecule has 1 saturated heterocycles. The van der Waals surface area contributed by atoms with E-state index in [1.165, 1.54) is 0 Å². The van der Waals surface area contributed by atoms with Crippen molar-refractivity contribution in [1.82, 2.24) is 4.98 Å². The van der Waals surface area contributed by atoms with Gasteiger partial charge in [0.05, 0.1) is 6.61 Å². The van der Waals surface area contributed by atoms with E-state index < -0.39 is 11.7 Å². The summed E-state index contributed by atoms with van der Waals surface area (Å²) in [6, 6.07) is 7.98. The second-order valence-corrected chi connectivity index (χ2v) is 4.60. The zero-order chi connectivity index (χ0) is 12.8. The van der Waals surface area contributed by atoms with Crippen molar-refractivity contribution in [3.05, 3.63) is 36.0 Å². The van der Waals surface area contributed by atoms with Crippen LogP contribution in [-0.4, -0.2) is 23.7 Å². The molecule has 1 fully saturated rings. The maximum Gasteiger partial charge on any atom is 0.338 e. The van der Waals surface area contributed by atoms with Gasteiger partial charge in [0.25, 0.3) is 0 Å². The zero-order valence-corrected chi connectivity index (χ0v) is 10.4. The number of carbonyl (C=O) groups excluding carboxylic acids is 1. The summed E-state index contributed by atoms with van der Waals surface area (Å²) in [4.78, 5) is 14.9. The van der Waals surface area contributed by atoms with Crippen molar-refractivity contribution < 1.29 is 14.3 Å². The molecule has 0 aliphatic carbocycles. The molecule has 4 nitrogen and oxygen atoms in total. The van der Waals surface area contributed by atoms with Gasteiger partial charge in [-0.05, 0) is 19.9 Å². The minimum absolute atomic E-state index is 0.287. The Morgan fingerprint density at radius 2 is 2.28 bits per heavy atom. The standard InChI is InChI=1S/C14H15NO3/c1-3-17-13(16)12-14(2,18-12)10-8-15-11-7-5-4-6-9(10)11/h4-8,12,15H,3H2,1-2H3. The maximum absolute atomic E-state index is 11.7. The van der Waals surface area contributed by atoms with Crippen molar-refractivity contribution in [2.75, 3.05) is 6.61 Å². The number of fused-ring (bicyclic) bond motifs is 1. The summed E-state index contributed by atoms with van der Waals surface area (Å²) in [6.45, 7) is 4.09. The van der Waals surface area contributed by atoms with Gasteiger partial charge in [-0.25, -0.2) is 4.79 Å². The molecule has 18 heavy (non-hydrogen) atoms. The zero-order valence-electron chi connectivity index (χ0n) is 10.4. The minimum Gasteiger partial charge on any atom is -0.464 e. The lowest BCUT2D eigenvalue weighted by Crippen LogP contribution is -2.18. The van der Waals surface area contributed by atoms with E-state index in [2.05, 4.69) is 4.98 Å². The molecule has 0 saturated carbocycles. The Morgan fingerprint density at radius 1 is 1.50 bits per heavy atom. The lowest BCUT2D eigenvalue weighted by Gasteiger charge is -2.04. The number of carbonyl (C=O) groups is 1. The molecular weight excluding hydrogens is 230 g/mol. The molecule has 1 aliphatic rings. The average molecular weight is 245 g/mol. The topological polar surface area (TPSA) is 54.6 Å². The van der Waals surface area contributed by atoms with Crippen LogP contribution in [-0.2, 0) is 19.9 Å². The summed E-state index contributed by atoms with van der Waals surface area (Å²) >= 11 is 0. The summed E-state index contributed by atoms with van der Waals surface area (Å²) in [6.07, 6.45) is 1.42. The van der Waals surface area contributed by atoms with Crippen molar-refractivity contribution in [3.63, 3.8) is 0 Å². The summed E-state index contributed by atoms with van der Waals surface area (Å²) < 4.78 is 10.6. The van der Waals surface area contributed by atoms with Crippen LogP contribution in [0.2, 0.25) is 0 Å². The molecule has 2 aromatic rings. The molecule has 2 heterocycles. The SMILES string of the molecule is CCOC(=O)C1OC1(C)c1c[nH]c2ccccc12. The van der Waals surface area contributed by atoms with E-state index in [0.29, 0.717) is 6.61 Å². The number of rotatable bonds is 3. The second kappa shape index (κ2) is 3.85. The molecule has 0 spiro atoms. The molecule has 1 aliphatic heterocycles. The van der Waals surface area contributed by atoms with Crippen molar-refractivity contribution in [1.29, 1.82) is 0 Å². The van der Waals surface area contributed by atoms with Gasteiger partial charge in [-0.15, -0.1) is 0 Å². The highest BCUT2D eigenvalue weighted by Gasteiger charge is 2.60. The number of epoxide rings is 1. The quantitative estimate of drug-likeness (QED) is 0.667. The van der Waals surface area contributed by atoms with Gasteiger partial charge in [0.15, 0.2) is 6.10 Å². The third kappa shape index (κ3) is 1.53. The van der Waals surface area contributed by atoms with E-state index in [1.807, 2.05) is 37.4 Å². The van der Waals surface area contributed by atoms with Crippen molar-refractivity contribution in [2.45, 2.75) is 25.6 Å². The number of esters is 1. The normalized spacial score (nSPS) is 26.2. The van der Waals surface area contributed by atoms with Crippen LogP contribution in [0.3, 0.4) is 0 Å². The highest BCUT2D eigenvalue weighted by molar-refractivity contribution is 5.87. The molecule has 1 aromatic carbocycles. The maximum atomic E-state index is 11.7. The fourth-order valence-electron chi connectivity index (χ4n) is 2.39. The molecule has 1 aromatic heterocycles. The van der Waals surface area contributed by atoms with E-state index in [-0.39, 0.29) is 5.97 Å². The number of hydrogen-bond donors (Lipinski definition) is 1. The molecule has 3 rings (SSSR count). The number of nitrogens with one attached hydrogen (secondary N) is 1. The highest BCUT2D eigenvalue weighted by atomic mass is 16.7. The van der Waals surface area contributed by atoms with Crippen molar-refractivity contribution in [2.24, 2.45) is 0 Å². The van der Waals surface area contributed by atoms with Gasteiger partial charge >= 0.3 is 5.97 Å². The Kier molecular flexibility index (Phi) is 2.41. The second-order valence-electron chi connectivity index (χ2n) is 4.60. The fraction of sp³-hybridized carbons (Fsp3) is 0.357. The van der Waals surface area contributed by atoms with Gasteiger partial charge in [-0.3, -0.25) is 0 Å². The van der Waals surface area contributed by atoms with E-state index in [9.17, 15) is 4.79 Å². The Hall–Kier alpha value is -1.81. The predicted octanol–water partition coefficient (Wildman–Crippen LogP) is 2.35. The first kappa shape index (κ1) is 11.3. The molecule has 94 valence electrons. The third-order valence-corrected chi connectivity index (χ3v) is 3.43. The highest BCUT2D eigenvalue weighted by Crippen LogP contribution is 2.48. The smallest absolute Gasteiger partial charge is 0.338 e. The molecule has 4 heteroatoms. The predicted molar refractivity (Wildman–Crippen MR) is 67.2 cm³/mol. The lowest BCUT2D eigenvalue weighted by atomic mass is 9.97. The van der Waals surface area contributed by atoms with Gasteiger partial charge in [0.1, 0.15) is 5.60 Å². The monoisotopic (exact) mass is 245 g/mol. The fourth-order valence-corrected chi connectivity index (χ4v) is 2.39. The molecule has 2 atom stereocenters. The molecular formula is C14H15NO3. The number of hydrogen-bond acceptors (Lipinski definition) is 3. The van der Waals surface area contributed by atoms with Gasteiger partial charge in [0.2, 0.25) is 0 Å². The molecule has 2 unspecified atom stereocenters. The molecule has 0 amide bonds. The van der Waals surface area contributed by atoms with Crippen LogP contribution in [0, 0.1) is 0 Å². The van der Waals surface area contributed by atoms with Crippen LogP contribution in [0.1, 0.15) is 19.4 Å². The molecule has 1 N–H and O–H groups in total. The van der Waals surface area contributed by atoms with E-state index in [0.717, 1.165) is 16.5 Å². The first-order chi connectivity index (χ1) is 8.66. The largest absolute Gasteiger partial charge is 0.464 e. The summed E-state index contributed by atoms with van der Waals surface area (Å²) in [7, 11) is 0. The van der Waals surface area contributed by atoms with Crippen molar-refractivity contribution >= 4 is 16.9 Å². The Labute approximate surface area is 105 Å². The number of ether oxygens (including phenoxy) is 2. The lowest BCUT2D eigenvalue weighted by molar-refractivity contribution is -0.144. The summed E-state index contributed by atoms with van der Waals surface area (Å²) in [5.74, 6) is -0.287. The van der Waals surface area contributed by atoms with Gasteiger partial charge in [-0.1, -0.05) is 18.2 Å². The molecule has 0 radical (unpaired) electrons. The van der Waals surface area contributed by atoms with Crippen LogP contribution in [0.4, 0.5) is 0 Å². The number of H-pyrrole nitrogens is 1. The molecule has 0 bridgehead atoms. The van der Waals surface area contributed by atoms with Crippen LogP contribution >= 0.6 is 0 Å². The van der Waals surface area contributed by atoms with Crippen LogP contribution in [0.5, 0.6) is 0 Å². The Bertz CT molecular complexity index is 604.